The smallest absolute Gasteiger partial charge is 0.308 e. The van der Waals surface area contributed by atoms with Gasteiger partial charge in [0.1, 0.15) is 0 Å². The second-order valence-corrected chi connectivity index (χ2v) is 9.64. The van der Waals surface area contributed by atoms with Crippen LogP contribution in [-0.4, -0.2) is 25.2 Å². The molecule has 0 aliphatic rings. The average Bonchev–Trinajstić information content (AvgIpc) is 3.02. The molecule has 0 atom stereocenters. The van der Waals surface area contributed by atoms with Gasteiger partial charge < -0.3 is 10.6 Å². The molecule has 6 nitrogen and oxygen atoms in total. The van der Waals surface area contributed by atoms with Gasteiger partial charge in [-0.05, 0) is 49.6 Å². The standard InChI is InChI=1S/C19H21N3O3S2/c1-4-10-27(24,25)19-21-15-9-8-14(11-16(15)26-19)20-18(23)22-17-12(2)6-5-7-13(17)3/h5-9,11H,4,10H2,1-3H3,(H2,20,22,23). The van der Waals surface area contributed by atoms with Crippen molar-refractivity contribution in [3.63, 3.8) is 0 Å². The zero-order chi connectivity index (χ0) is 19.6. The van der Waals surface area contributed by atoms with Crippen molar-refractivity contribution in [2.24, 2.45) is 0 Å². The van der Waals surface area contributed by atoms with Gasteiger partial charge in [0.05, 0.1) is 16.0 Å². The number of hydrogen-bond donors (Lipinski definition) is 2. The number of hydrogen-bond acceptors (Lipinski definition) is 5. The molecule has 0 unspecified atom stereocenters. The molecular weight excluding hydrogens is 382 g/mol. The average molecular weight is 404 g/mol. The van der Waals surface area contributed by atoms with Gasteiger partial charge in [0.15, 0.2) is 0 Å². The third kappa shape index (κ3) is 4.28. The van der Waals surface area contributed by atoms with E-state index in [0.29, 0.717) is 17.6 Å². The number of rotatable bonds is 5. The van der Waals surface area contributed by atoms with Crippen molar-refractivity contribution in [2.45, 2.75) is 31.5 Å². The first kappa shape index (κ1) is 19.3. The summed E-state index contributed by atoms with van der Waals surface area (Å²) in [7, 11) is -3.35. The lowest BCUT2D eigenvalue weighted by Gasteiger charge is -2.12. The molecule has 1 aromatic heterocycles. The highest BCUT2D eigenvalue weighted by Crippen LogP contribution is 2.29. The first-order valence-corrected chi connectivity index (χ1v) is 11.0. The lowest BCUT2D eigenvalue weighted by atomic mass is 10.1. The summed E-state index contributed by atoms with van der Waals surface area (Å²) in [5.41, 5.74) is 3.93. The summed E-state index contributed by atoms with van der Waals surface area (Å²) in [6, 6.07) is 10.6. The fraction of sp³-hybridized carbons (Fsp3) is 0.263. The molecule has 0 aliphatic carbocycles. The van der Waals surface area contributed by atoms with Crippen molar-refractivity contribution < 1.29 is 13.2 Å². The molecule has 3 aromatic rings. The summed E-state index contributed by atoms with van der Waals surface area (Å²) in [4.78, 5) is 16.6. The molecule has 2 aromatic carbocycles. The van der Waals surface area contributed by atoms with Crippen LogP contribution >= 0.6 is 11.3 Å². The lowest BCUT2D eigenvalue weighted by Crippen LogP contribution is -2.20. The number of aryl methyl sites for hydroxylation is 2. The maximum atomic E-state index is 12.3. The topological polar surface area (TPSA) is 88.2 Å². The molecule has 3 rings (SSSR count). The predicted octanol–water partition coefficient (Wildman–Crippen LogP) is 4.74. The number of para-hydroxylation sites is 1. The van der Waals surface area contributed by atoms with Gasteiger partial charge in [0.25, 0.3) is 0 Å². The number of thiazole rings is 1. The van der Waals surface area contributed by atoms with E-state index in [0.717, 1.165) is 32.9 Å². The number of carbonyl (C=O) groups excluding carboxylic acids is 1. The quantitative estimate of drug-likeness (QED) is 0.644. The third-order valence-corrected chi connectivity index (χ3v) is 7.48. The molecule has 27 heavy (non-hydrogen) atoms. The van der Waals surface area contributed by atoms with E-state index in [4.69, 9.17) is 0 Å². The van der Waals surface area contributed by atoms with Crippen LogP contribution in [0.3, 0.4) is 0 Å². The molecule has 2 amide bonds. The predicted molar refractivity (Wildman–Crippen MR) is 111 cm³/mol. The van der Waals surface area contributed by atoms with Crippen LogP contribution in [-0.2, 0) is 9.84 Å². The molecule has 2 N–H and O–H groups in total. The second kappa shape index (κ2) is 7.66. The van der Waals surface area contributed by atoms with E-state index in [-0.39, 0.29) is 16.1 Å². The number of carbonyl (C=O) groups is 1. The van der Waals surface area contributed by atoms with Crippen molar-refractivity contribution in [3.05, 3.63) is 47.5 Å². The summed E-state index contributed by atoms with van der Waals surface area (Å²) in [5, 5.41) is 5.65. The minimum Gasteiger partial charge on any atom is -0.308 e. The molecule has 0 spiro atoms. The van der Waals surface area contributed by atoms with E-state index in [2.05, 4.69) is 15.6 Å². The second-order valence-electron chi connectivity index (χ2n) is 6.33. The number of urea groups is 1. The SMILES string of the molecule is CCCS(=O)(=O)c1nc2ccc(NC(=O)Nc3c(C)cccc3C)cc2s1. The highest BCUT2D eigenvalue weighted by Gasteiger charge is 2.19. The monoisotopic (exact) mass is 403 g/mol. The van der Waals surface area contributed by atoms with Crippen molar-refractivity contribution in [1.82, 2.24) is 4.98 Å². The Labute approximate surface area is 162 Å². The molecule has 0 bridgehead atoms. The van der Waals surface area contributed by atoms with E-state index in [1.807, 2.05) is 39.0 Å². The largest absolute Gasteiger partial charge is 0.323 e. The van der Waals surface area contributed by atoms with Crippen molar-refractivity contribution in [1.29, 1.82) is 0 Å². The van der Waals surface area contributed by atoms with Crippen LogP contribution in [0.25, 0.3) is 10.2 Å². The number of sulfone groups is 1. The Kier molecular flexibility index (Phi) is 5.48. The molecule has 8 heteroatoms. The van der Waals surface area contributed by atoms with Gasteiger partial charge >= 0.3 is 6.03 Å². The number of aromatic nitrogens is 1. The Balaban J connectivity index is 1.80. The Morgan fingerprint density at radius 2 is 1.81 bits per heavy atom. The fourth-order valence-corrected chi connectivity index (χ4v) is 5.47. The number of nitrogens with zero attached hydrogens (tertiary/aromatic N) is 1. The molecule has 142 valence electrons. The maximum Gasteiger partial charge on any atom is 0.323 e. The van der Waals surface area contributed by atoms with E-state index in [9.17, 15) is 13.2 Å². The lowest BCUT2D eigenvalue weighted by molar-refractivity contribution is 0.262. The first-order chi connectivity index (χ1) is 12.8. The summed E-state index contributed by atoms with van der Waals surface area (Å²) < 4.78 is 25.2. The molecule has 0 radical (unpaired) electrons. The maximum absolute atomic E-state index is 12.3. The number of fused-ring (bicyclic) bond motifs is 1. The van der Waals surface area contributed by atoms with Gasteiger partial charge in [-0.25, -0.2) is 18.2 Å². The van der Waals surface area contributed by atoms with Gasteiger partial charge in [0, 0.05) is 11.4 Å². The van der Waals surface area contributed by atoms with Crippen molar-refractivity contribution in [3.8, 4) is 0 Å². The van der Waals surface area contributed by atoms with Crippen LogP contribution in [0.5, 0.6) is 0 Å². The Morgan fingerprint density at radius 3 is 2.48 bits per heavy atom. The molecule has 0 saturated carbocycles. The molecular formula is C19H21N3O3S2. The van der Waals surface area contributed by atoms with Gasteiger partial charge in [-0.15, -0.1) is 11.3 Å². The Hall–Kier alpha value is -2.45. The molecule has 0 saturated heterocycles. The van der Waals surface area contributed by atoms with Gasteiger partial charge in [-0.2, -0.15) is 0 Å². The Bertz CT molecular complexity index is 1080. The summed E-state index contributed by atoms with van der Waals surface area (Å²) in [6.07, 6.45) is 0.545. The van der Waals surface area contributed by atoms with Crippen LogP contribution in [0, 0.1) is 13.8 Å². The molecule has 0 fully saturated rings. The minimum absolute atomic E-state index is 0.0795. The van der Waals surface area contributed by atoms with Gasteiger partial charge in [-0.3, -0.25) is 0 Å². The summed E-state index contributed by atoms with van der Waals surface area (Å²) in [6.45, 7) is 5.69. The van der Waals surface area contributed by atoms with Crippen LogP contribution in [0.15, 0.2) is 40.7 Å². The van der Waals surface area contributed by atoms with Crippen LogP contribution in [0.1, 0.15) is 24.5 Å². The normalized spacial score (nSPS) is 11.5. The zero-order valence-electron chi connectivity index (χ0n) is 15.4. The summed E-state index contributed by atoms with van der Waals surface area (Å²) in [5.74, 6) is 0.0795. The zero-order valence-corrected chi connectivity index (χ0v) is 17.0. The van der Waals surface area contributed by atoms with Gasteiger partial charge in [-0.1, -0.05) is 25.1 Å². The Morgan fingerprint density at radius 1 is 1.11 bits per heavy atom. The molecule has 0 aliphatic heterocycles. The van der Waals surface area contributed by atoms with Crippen LogP contribution in [0.2, 0.25) is 0 Å². The van der Waals surface area contributed by atoms with E-state index in [1.165, 1.54) is 0 Å². The summed E-state index contributed by atoms with van der Waals surface area (Å²) >= 11 is 1.12. The van der Waals surface area contributed by atoms with Crippen LogP contribution < -0.4 is 10.6 Å². The van der Waals surface area contributed by atoms with E-state index >= 15 is 0 Å². The van der Waals surface area contributed by atoms with E-state index in [1.54, 1.807) is 18.2 Å². The highest BCUT2D eigenvalue weighted by molar-refractivity contribution is 7.93. The number of benzene rings is 2. The minimum atomic E-state index is -3.35. The number of nitrogens with one attached hydrogen (secondary N) is 2. The van der Waals surface area contributed by atoms with Gasteiger partial charge in [0.2, 0.25) is 14.2 Å². The number of anilines is 2. The molecule has 1 heterocycles. The third-order valence-electron chi connectivity index (χ3n) is 4.09. The first-order valence-electron chi connectivity index (χ1n) is 8.57. The highest BCUT2D eigenvalue weighted by atomic mass is 32.2. The van der Waals surface area contributed by atoms with Crippen molar-refractivity contribution in [2.75, 3.05) is 16.4 Å². The number of amides is 2. The van der Waals surface area contributed by atoms with Crippen molar-refractivity contribution >= 4 is 48.8 Å². The fourth-order valence-electron chi connectivity index (χ4n) is 2.76. The van der Waals surface area contributed by atoms with E-state index < -0.39 is 9.84 Å². The van der Waals surface area contributed by atoms with Crippen LogP contribution in [0.4, 0.5) is 16.2 Å².